The minimum absolute atomic E-state index is 0.135. The lowest BCUT2D eigenvalue weighted by molar-refractivity contribution is -0.121. The molecule has 0 saturated carbocycles. The summed E-state index contributed by atoms with van der Waals surface area (Å²) in [6, 6.07) is 12.0. The van der Waals surface area contributed by atoms with Crippen molar-refractivity contribution in [1.82, 2.24) is 4.98 Å². The van der Waals surface area contributed by atoms with Gasteiger partial charge in [-0.25, -0.2) is 9.78 Å². The van der Waals surface area contributed by atoms with Crippen molar-refractivity contribution in [1.29, 1.82) is 5.26 Å². The number of amides is 1. The van der Waals surface area contributed by atoms with Crippen molar-refractivity contribution >= 4 is 35.0 Å². The molecule has 1 saturated heterocycles. The van der Waals surface area contributed by atoms with E-state index in [0.717, 1.165) is 0 Å². The van der Waals surface area contributed by atoms with Crippen LogP contribution >= 0.6 is 11.6 Å². The molecule has 1 aromatic heterocycles. The van der Waals surface area contributed by atoms with Gasteiger partial charge in [0.25, 0.3) is 5.91 Å². The van der Waals surface area contributed by atoms with E-state index in [1.165, 1.54) is 4.90 Å². The molecule has 2 heterocycles. The fraction of sp³-hybridized carbons (Fsp3) is 0.333. The maximum absolute atomic E-state index is 12.7. The highest BCUT2D eigenvalue weighted by Gasteiger charge is 2.23. The van der Waals surface area contributed by atoms with E-state index in [9.17, 15) is 9.59 Å². The second-order valence-corrected chi connectivity index (χ2v) is 6.92. The fourth-order valence-corrected chi connectivity index (χ4v) is 3.25. The number of pyridine rings is 1. The number of benzene rings is 1. The summed E-state index contributed by atoms with van der Waals surface area (Å²) in [4.78, 5) is 33.1. The number of rotatable bonds is 7. The number of carbonyl (C=O) groups is 2. The smallest absolute Gasteiger partial charge is 0.342 e. The zero-order valence-corrected chi connectivity index (χ0v) is 17.0. The maximum Gasteiger partial charge on any atom is 0.342 e. The minimum Gasteiger partial charge on any atom is -0.452 e. The van der Waals surface area contributed by atoms with E-state index < -0.39 is 18.5 Å². The Labute approximate surface area is 179 Å². The molecule has 0 unspecified atom stereocenters. The average Bonchev–Trinajstić information content (AvgIpc) is 2.78. The number of nitrogens with zero attached hydrogens (tertiary/aromatic N) is 4. The quantitative estimate of drug-likeness (QED) is 0.625. The first-order valence-corrected chi connectivity index (χ1v) is 9.85. The van der Waals surface area contributed by atoms with E-state index in [-0.39, 0.29) is 13.0 Å². The fourth-order valence-electron chi connectivity index (χ4n) is 3.07. The summed E-state index contributed by atoms with van der Waals surface area (Å²) in [7, 11) is 0. The van der Waals surface area contributed by atoms with Gasteiger partial charge >= 0.3 is 5.97 Å². The van der Waals surface area contributed by atoms with Gasteiger partial charge in [-0.1, -0.05) is 17.7 Å². The van der Waals surface area contributed by atoms with Gasteiger partial charge in [-0.2, -0.15) is 5.26 Å². The Balaban J connectivity index is 1.70. The molecular formula is C21H21ClN4O4. The van der Waals surface area contributed by atoms with Crippen LogP contribution in [-0.2, 0) is 14.3 Å². The third kappa shape index (κ3) is 5.47. The predicted molar refractivity (Wildman–Crippen MR) is 112 cm³/mol. The molecule has 3 rings (SSSR count). The summed E-state index contributed by atoms with van der Waals surface area (Å²) in [5, 5.41) is 9.36. The molecule has 0 bridgehead atoms. The molecule has 0 N–H and O–H groups in total. The number of hydrogen-bond donors (Lipinski definition) is 0. The van der Waals surface area contributed by atoms with Crippen LogP contribution in [0.1, 0.15) is 16.8 Å². The largest absolute Gasteiger partial charge is 0.452 e. The van der Waals surface area contributed by atoms with Crippen molar-refractivity contribution in [2.75, 3.05) is 49.3 Å². The monoisotopic (exact) mass is 428 g/mol. The summed E-state index contributed by atoms with van der Waals surface area (Å²) in [5.74, 6) is -0.573. The Bertz CT molecular complexity index is 941. The van der Waals surface area contributed by atoms with E-state index in [1.54, 1.807) is 42.6 Å². The van der Waals surface area contributed by atoms with Crippen LogP contribution in [0.4, 0.5) is 11.5 Å². The summed E-state index contributed by atoms with van der Waals surface area (Å²) in [5.41, 5.74) is 0.827. The van der Waals surface area contributed by atoms with Crippen molar-refractivity contribution in [3.8, 4) is 6.07 Å². The number of halogens is 1. The molecular weight excluding hydrogens is 408 g/mol. The Morgan fingerprint density at radius 2 is 2.07 bits per heavy atom. The van der Waals surface area contributed by atoms with Gasteiger partial charge in [0, 0.05) is 36.5 Å². The Hall–Kier alpha value is -3.15. The summed E-state index contributed by atoms with van der Waals surface area (Å²) in [6.07, 6.45) is 1.74. The minimum atomic E-state index is -0.635. The first-order valence-electron chi connectivity index (χ1n) is 9.48. The molecule has 30 heavy (non-hydrogen) atoms. The van der Waals surface area contributed by atoms with E-state index >= 15 is 0 Å². The molecule has 0 atom stereocenters. The van der Waals surface area contributed by atoms with Crippen molar-refractivity contribution in [2.45, 2.75) is 6.42 Å². The molecule has 1 aliphatic heterocycles. The Morgan fingerprint density at radius 1 is 1.27 bits per heavy atom. The van der Waals surface area contributed by atoms with Gasteiger partial charge in [0.1, 0.15) is 11.4 Å². The van der Waals surface area contributed by atoms with Crippen molar-refractivity contribution in [2.24, 2.45) is 0 Å². The molecule has 0 spiro atoms. The predicted octanol–water partition coefficient (Wildman–Crippen LogP) is 2.68. The number of nitriles is 1. The molecule has 8 nitrogen and oxygen atoms in total. The van der Waals surface area contributed by atoms with Crippen LogP contribution in [0.5, 0.6) is 0 Å². The number of anilines is 2. The van der Waals surface area contributed by atoms with Gasteiger partial charge in [0.05, 0.1) is 25.7 Å². The van der Waals surface area contributed by atoms with Crippen LogP contribution in [0, 0.1) is 11.3 Å². The second kappa shape index (κ2) is 10.6. The molecule has 1 fully saturated rings. The highest BCUT2D eigenvalue weighted by molar-refractivity contribution is 6.30. The summed E-state index contributed by atoms with van der Waals surface area (Å²) >= 11 is 6.02. The van der Waals surface area contributed by atoms with Crippen molar-refractivity contribution in [3.63, 3.8) is 0 Å². The molecule has 0 radical (unpaired) electrons. The molecule has 1 aromatic carbocycles. The van der Waals surface area contributed by atoms with Crippen LogP contribution in [-0.4, -0.2) is 56.3 Å². The summed E-state index contributed by atoms with van der Waals surface area (Å²) < 4.78 is 10.6. The highest BCUT2D eigenvalue weighted by Crippen LogP contribution is 2.21. The number of aromatic nitrogens is 1. The van der Waals surface area contributed by atoms with E-state index in [0.29, 0.717) is 48.4 Å². The van der Waals surface area contributed by atoms with E-state index in [2.05, 4.69) is 4.98 Å². The topological polar surface area (TPSA) is 95.8 Å². The molecule has 1 aliphatic rings. The first-order chi connectivity index (χ1) is 14.6. The van der Waals surface area contributed by atoms with Crippen molar-refractivity contribution in [3.05, 3.63) is 53.2 Å². The molecule has 2 aromatic rings. The normalized spacial score (nSPS) is 13.4. The number of hydrogen-bond acceptors (Lipinski definition) is 7. The first kappa shape index (κ1) is 21.6. The Morgan fingerprint density at radius 3 is 2.80 bits per heavy atom. The molecule has 9 heteroatoms. The summed E-state index contributed by atoms with van der Waals surface area (Å²) in [6.45, 7) is 2.04. The zero-order chi connectivity index (χ0) is 21.3. The molecule has 0 aliphatic carbocycles. The molecule has 1 amide bonds. The number of morpholine rings is 1. The van der Waals surface area contributed by atoms with E-state index in [4.69, 9.17) is 26.3 Å². The van der Waals surface area contributed by atoms with Gasteiger partial charge in [0.2, 0.25) is 0 Å². The van der Waals surface area contributed by atoms with Crippen LogP contribution in [0.15, 0.2) is 42.6 Å². The standard InChI is InChI=1S/C21H21ClN4O4/c22-16-4-1-5-17(14-16)26(9-3-7-23)19(27)15-30-21(28)18-6-2-8-24-20(18)25-10-12-29-13-11-25/h1-2,4-6,8,14H,3,9-13,15H2. The maximum atomic E-state index is 12.7. The third-order valence-corrected chi connectivity index (χ3v) is 4.75. The highest BCUT2D eigenvalue weighted by atomic mass is 35.5. The average molecular weight is 429 g/mol. The number of ether oxygens (including phenoxy) is 2. The third-order valence-electron chi connectivity index (χ3n) is 4.51. The van der Waals surface area contributed by atoms with Crippen molar-refractivity contribution < 1.29 is 19.1 Å². The number of esters is 1. The van der Waals surface area contributed by atoms with Gasteiger partial charge < -0.3 is 19.3 Å². The molecule has 156 valence electrons. The lowest BCUT2D eigenvalue weighted by atomic mass is 10.2. The zero-order valence-electron chi connectivity index (χ0n) is 16.3. The lowest BCUT2D eigenvalue weighted by Gasteiger charge is -2.29. The van der Waals surface area contributed by atoms with Gasteiger partial charge in [0.15, 0.2) is 6.61 Å². The SMILES string of the molecule is N#CCCN(C(=O)COC(=O)c1cccnc1N1CCOCC1)c1cccc(Cl)c1. The van der Waals surface area contributed by atoms with E-state index in [1.807, 2.05) is 11.0 Å². The van der Waals surface area contributed by atoms with Gasteiger partial charge in [-0.3, -0.25) is 4.79 Å². The number of carbonyl (C=O) groups excluding carboxylic acids is 2. The van der Waals surface area contributed by atoms with Crippen LogP contribution in [0.2, 0.25) is 5.02 Å². The van der Waals surface area contributed by atoms with Crippen LogP contribution in [0.3, 0.4) is 0 Å². The van der Waals surface area contributed by atoms with Gasteiger partial charge in [-0.15, -0.1) is 0 Å². The van der Waals surface area contributed by atoms with Gasteiger partial charge in [-0.05, 0) is 30.3 Å². The van der Waals surface area contributed by atoms with Crippen LogP contribution < -0.4 is 9.80 Å². The van der Waals surface area contributed by atoms with Crippen LogP contribution in [0.25, 0.3) is 0 Å². The second-order valence-electron chi connectivity index (χ2n) is 6.48. The lowest BCUT2D eigenvalue weighted by Crippen LogP contribution is -2.38. The Kier molecular flexibility index (Phi) is 7.60.